The highest BCUT2D eigenvalue weighted by molar-refractivity contribution is 7.74. The summed E-state index contributed by atoms with van der Waals surface area (Å²) in [6, 6.07) is 7.16. The summed E-state index contributed by atoms with van der Waals surface area (Å²) in [5.74, 6) is -0.136. The highest BCUT2D eigenvalue weighted by Gasteiger charge is 2.02. The molecule has 0 aliphatic heterocycles. The fourth-order valence-electron chi connectivity index (χ4n) is 1.20. The molecule has 1 unspecified atom stereocenters. The summed E-state index contributed by atoms with van der Waals surface area (Å²) >= 11 is -2.52. The zero-order valence-electron chi connectivity index (χ0n) is 8.76. The first-order valence-corrected chi connectivity index (χ1v) is 5.63. The van der Waals surface area contributed by atoms with E-state index in [0.717, 1.165) is 11.1 Å². The molecule has 0 bridgehead atoms. The van der Waals surface area contributed by atoms with Crippen molar-refractivity contribution in [3.8, 4) is 0 Å². The van der Waals surface area contributed by atoms with Crippen molar-refractivity contribution in [2.45, 2.75) is 20.1 Å². The maximum Gasteiger partial charge on any atom is 0.217 e. The summed E-state index contributed by atoms with van der Waals surface area (Å²) in [7, 11) is 0. The van der Waals surface area contributed by atoms with Crippen molar-refractivity contribution in [2.75, 3.05) is 0 Å². The van der Waals surface area contributed by atoms with Gasteiger partial charge in [0.2, 0.25) is 5.91 Å². The zero-order valence-corrected chi connectivity index (χ0v) is 9.58. The van der Waals surface area contributed by atoms with Gasteiger partial charge in [-0.05, 0) is 11.1 Å². The number of benzene rings is 1. The Balaban J connectivity index is 2.67. The minimum atomic E-state index is -2.52. The fraction of sp³-hybridized carbons (Fsp3) is 0.300. The lowest BCUT2D eigenvalue weighted by molar-refractivity contribution is -0.119. The standard InChI is InChI=1S/C10H13NO4S/c1-8(12)11-6-9-4-2-3-5-10(9)7-15-16(13)14/h2-5H,6-7H2,1H3,(H,11,12)(H,13,14)/p-1. The third kappa shape index (κ3) is 4.52. The van der Waals surface area contributed by atoms with Crippen LogP contribution in [-0.4, -0.2) is 14.7 Å². The van der Waals surface area contributed by atoms with Crippen molar-refractivity contribution in [3.05, 3.63) is 35.4 Å². The SMILES string of the molecule is CC(=O)NCc1ccccc1COS(=O)[O-]. The van der Waals surface area contributed by atoms with Crippen LogP contribution in [0.1, 0.15) is 18.1 Å². The average molecular weight is 242 g/mol. The lowest BCUT2D eigenvalue weighted by Gasteiger charge is -2.11. The first kappa shape index (κ1) is 12.8. The molecule has 0 radical (unpaired) electrons. The molecule has 5 nitrogen and oxygen atoms in total. The molecule has 0 fully saturated rings. The number of amides is 1. The molecule has 16 heavy (non-hydrogen) atoms. The lowest BCUT2D eigenvalue weighted by atomic mass is 10.1. The lowest BCUT2D eigenvalue weighted by Crippen LogP contribution is -2.19. The van der Waals surface area contributed by atoms with Crippen molar-refractivity contribution in [1.29, 1.82) is 0 Å². The summed E-state index contributed by atoms with van der Waals surface area (Å²) < 4.78 is 25.0. The van der Waals surface area contributed by atoms with E-state index in [4.69, 9.17) is 0 Å². The fourth-order valence-corrected chi connectivity index (χ4v) is 1.43. The van der Waals surface area contributed by atoms with E-state index >= 15 is 0 Å². The average Bonchev–Trinajstić information content (AvgIpc) is 2.24. The summed E-state index contributed by atoms with van der Waals surface area (Å²) in [6.45, 7) is 1.76. The number of hydrogen-bond donors (Lipinski definition) is 1. The Morgan fingerprint density at radius 2 is 2.06 bits per heavy atom. The van der Waals surface area contributed by atoms with Gasteiger partial charge in [-0.15, -0.1) is 0 Å². The first-order valence-electron chi connectivity index (χ1n) is 4.63. The summed E-state index contributed by atoms with van der Waals surface area (Å²) in [5, 5.41) is 2.64. The van der Waals surface area contributed by atoms with Crippen molar-refractivity contribution in [3.63, 3.8) is 0 Å². The second-order valence-electron chi connectivity index (χ2n) is 3.14. The van der Waals surface area contributed by atoms with Crippen LogP contribution in [0.2, 0.25) is 0 Å². The molecular weight excluding hydrogens is 230 g/mol. The Morgan fingerprint density at radius 1 is 1.44 bits per heavy atom. The predicted molar refractivity (Wildman–Crippen MR) is 57.7 cm³/mol. The molecule has 0 spiro atoms. The molecule has 0 heterocycles. The van der Waals surface area contributed by atoms with Crippen LogP contribution in [0.15, 0.2) is 24.3 Å². The van der Waals surface area contributed by atoms with E-state index in [2.05, 4.69) is 9.50 Å². The third-order valence-electron chi connectivity index (χ3n) is 1.96. The molecule has 0 saturated carbocycles. The molecule has 0 aliphatic rings. The van der Waals surface area contributed by atoms with Crippen LogP contribution in [0.5, 0.6) is 0 Å². The zero-order chi connectivity index (χ0) is 12.0. The van der Waals surface area contributed by atoms with E-state index in [1.54, 1.807) is 12.1 Å². The number of hydrogen-bond acceptors (Lipinski definition) is 4. The van der Waals surface area contributed by atoms with Gasteiger partial charge in [-0.1, -0.05) is 24.3 Å². The van der Waals surface area contributed by atoms with Crippen LogP contribution in [0.3, 0.4) is 0 Å². The van der Waals surface area contributed by atoms with E-state index in [-0.39, 0.29) is 12.5 Å². The molecule has 1 amide bonds. The maximum absolute atomic E-state index is 10.8. The van der Waals surface area contributed by atoms with E-state index in [1.165, 1.54) is 6.92 Å². The maximum atomic E-state index is 10.8. The molecule has 1 atom stereocenters. The van der Waals surface area contributed by atoms with Gasteiger partial charge < -0.3 is 9.87 Å². The summed E-state index contributed by atoms with van der Waals surface area (Å²) in [6.07, 6.45) is 0. The van der Waals surface area contributed by atoms with Gasteiger partial charge in [0.1, 0.15) is 0 Å². The van der Waals surface area contributed by atoms with Crippen LogP contribution in [-0.2, 0) is 33.5 Å². The molecular formula is C10H12NO4S-. The number of rotatable bonds is 5. The Bertz CT molecular complexity index is 357. The quantitative estimate of drug-likeness (QED) is 0.768. The minimum Gasteiger partial charge on any atom is -0.750 e. The van der Waals surface area contributed by atoms with Crippen LogP contribution in [0, 0.1) is 0 Å². The highest BCUT2D eigenvalue weighted by Crippen LogP contribution is 2.10. The predicted octanol–water partition coefficient (Wildman–Crippen LogP) is 0.633. The Morgan fingerprint density at radius 3 is 2.62 bits per heavy atom. The summed E-state index contributed by atoms with van der Waals surface area (Å²) in [4.78, 5) is 10.8. The van der Waals surface area contributed by atoms with E-state index in [9.17, 15) is 13.6 Å². The molecule has 1 N–H and O–H groups in total. The van der Waals surface area contributed by atoms with Crippen molar-refractivity contribution >= 4 is 17.3 Å². The molecule has 1 aromatic carbocycles. The molecule has 0 saturated heterocycles. The number of carbonyl (C=O) groups is 1. The van der Waals surface area contributed by atoms with Gasteiger partial charge in [0.05, 0.1) is 18.0 Å². The highest BCUT2D eigenvalue weighted by atomic mass is 32.2. The smallest absolute Gasteiger partial charge is 0.217 e. The monoisotopic (exact) mass is 242 g/mol. The van der Waals surface area contributed by atoms with Crippen molar-refractivity contribution in [1.82, 2.24) is 5.32 Å². The Hall–Kier alpha value is -1.24. The van der Waals surface area contributed by atoms with Crippen LogP contribution < -0.4 is 5.32 Å². The first-order chi connectivity index (χ1) is 7.59. The minimum absolute atomic E-state index is 0.0220. The second-order valence-corrected chi connectivity index (χ2v) is 3.79. The largest absolute Gasteiger partial charge is 0.750 e. The Kier molecular flexibility index (Phi) is 5.10. The van der Waals surface area contributed by atoms with Gasteiger partial charge in [-0.3, -0.25) is 8.98 Å². The van der Waals surface area contributed by atoms with Gasteiger partial charge in [-0.2, -0.15) is 0 Å². The molecule has 1 aromatic rings. The van der Waals surface area contributed by atoms with E-state index in [0.29, 0.717) is 6.54 Å². The third-order valence-corrected chi connectivity index (χ3v) is 2.27. The van der Waals surface area contributed by atoms with Crippen molar-refractivity contribution < 1.29 is 17.7 Å². The number of nitrogens with one attached hydrogen (secondary N) is 1. The number of carbonyl (C=O) groups excluding carboxylic acids is 1. The molecule has 1 rings (SSSR count). The second kappa shape index (κ2) is 6.37. The molecule has 88 valence electrons. The van der Waals surface area contributed by atoms with Gasteiger partial charge in [-0.25, -0.2) is 4.21 Å². The topological polar surface area (TPSA) is 78.5 Å². The van der Waals surface area contributed by atoms with Gasteiger partial charge in [0.15, 0.2) is 0 Å². The normalized spacial score (nSPS) is 12.1. The molecule has 0 aromatic heterocycles. The van der Waals surface area contributed by atoms with Crippen LogP contribution in [0.4, 0.5) is 0 Å². The van der Waals surface area contributed by atoms with Crippen LogP contribution >= 0.6 is 0 Å². The van der Waals surface area contributed by atoms with Gasteiger partial charge in [0, 0.05) is 13.5 Å². The van der Waals surface area contributed by atoms with Crippen LogP contribution in [0.25, 0.3) is 0 Å². The molecule has 6 heteroatoms. The van der Waals surface area contributed by atoms with Gasteiger partial charge >= 0.3 is 0 Å². The van der Waals surface area contributed by atoms with Crippen molar-refractivity contribution in [2.24, 2.45) is 0 Å². The van der Waals surface area contributed by atoms with E-state index in [1.807, 2.05) is 12.1 Å². The van der Waals surface area contributed by atoms with E-state index < -0.39 is 11.4 Å². The Labute approximate surface area is 96.3 Å². The van der Waals surface area contributed by atoms with Gasteiger partial charge in [0.25, 0.3) is 0 Å². The molecule has 0 aliphatic carbocycles. The summed E-state index contributed by atoms with van der Waals surface area (Å²) in [5.41, 5.74) is 1.57.